The minimum atomic E-state index is 0.106. The Morgan fingerprint density at radius 3 is 2.75 bits per heavy atom. The second-order valence-electron chi connectivity index (χ2n) is 3.23. The molecular weight excluding hydrogens is 150 g/mol. The van der Waals surface area contributed by atoms with Crippen LogP contribution in [-0.4, -0.2) is 9.78 Å². The van der Waals surface area contributed by atoms with E-state index in [1.54, 1.807) is 0 Å². The highest BCUT2D eigenvalue weighted by molar-refractivity contribution is 5.11. The summed E-state index contributed by atoms with van der Waals surface area (Å²) < 4.78 is 1.87. The number of aryl methyl sites for hydroxylation is 2. The van der Waals surface area contributed by atoms with Crippen molar-refractivity contribution in [1.29, 1.82) is 0 Å². The molecule has 0 aromatic carbocycles. The molecule has 3 nitrogen and oxygen atoms in total. The van der Waals surface area contributed by atoms with Crippen molar-refractivity contribution in [2.75, 3.05) is 0 Å². The number of nitrogens with zero attached hydrogens (tertiary/aromatic N) is 2. The average molecular weight is 167 g/mol. The van der Waals surface area contributed by atoms with Gasteiger partial charge in [-0.3, -0.25) is 4.68 Å². The van der Waals surface area contributed by atoms with Crippen LogP contribution in [0, 0.1) is 6.92 Å². The van der Waals surface area contributed by atoms with E-state index in [4.69, 9.17) is 5.73 Å². The van der Waals surface area contributed by atoms with E-state index >= 15 is 0 Å². The summed E-state index contributed by atoms with van der Waals surface area (Å²) >= 11 is 0. The molecule has 1 aromatic heterocycles. The standard InChI is InChI=1S/C9H17N3/c1-4-5-8(10)9-6-7(2)12(3)11-9/h6,8H,4-5,10H2,1-3H3. The first-order chi connectivity index (χ1) is 5.65. The molecule has 68 valence electrons. The van der Waals surface area contributed by atoms with Gasteiger partial charge < -0.3 is 5.73 Å². The van der Waals surface area contributed by atoms with Gasteiger partial charge in [0.2, 0.25) is 0 Å². The van der Waals surface area contributed by atoms with Crippen molar-refractivity contribution >= 4 is 0 Å². The highest BCUT2D eigenvalue weighted by atomic mass is 15.3. The number of aromatic nitrogens is 2. The summed E-state index contributed by atoms with van der Waals surface area (Å²) in [4.78, 5) is 0. The fourth-order valence-electron chi connectivity index (χ4n) is 1.23. The molecule has 1 heterocycles. The van der Waals surface area contributed by atoms with E-state index in [-0.39, 0.29) is 6.04 Å². The zero-order chi connectivity index (χ0) is 9.14. The van der Waals surface area contributed by atoms with Crippen LogP contribution in [0.4, 0.5) is 0 Å². The Morgan fingerprint density at radius 1 is 1.67 bits per heavy atom. The van der Waals surface area contributed by atoms with E-state index in [9.17, 15) is 0 Å². The molecule has 0 radical (unpaired) electrons. The normalized spacial score (nSPS) is 13.3. The summed E-state index contributed by atoms with van der Waals surface area (Å²) in [6, 6.07) is 2.16. The molecule has 0 amide bonds. The second-order valence-corrected chi connectivity index (χ2v) is 3.23. The van der Waals surface area contributed by atoms with Gasteiger partial charge >= 0.3 is 0 Å². The van der Waals surface area contributed by atoms with Gasteiger partial charge in [-0.1, -0.05) is 13.3 Å². The first-order valence-electron chi connectivity index (χ1n) is 4.41. The Morgan fingerprint density at radius 2 is 2.33 bits per heavy atom. The predicted molar refractivity (Wildman–Crippen MR) is 49.8 cm³/mol. The predicted octanol–water partition coefficient (Wildman–Crippen LogP) is 1.53. The van der Waals surface area contributed by atoms with Gasteiger partial charge in [0.25, 0.3) is 0 Å². The molecule has 0 fully saturated rings. The SMILES string of the molecule is CCCC(N)c1cc(C)n(C)n1. The Hall–Kier alpha value is -0.830. The third kappa shape index (κ3) is 1.85. The Bertz CT molecular complexity index is 233. The van der Waals surface area contributed by atoms with E-state index in [1.165, 1.54) is 0 Å². The second kappa shape index (κ2) is 3.72. The van der Waals surface area contributed by atoms with Crippen LogP contribution in [0.15, 0.2) is 6.07 Å². The highest BCUT2D eigenvalue weighted by Crippen LogP contribution is 2.14. The van der Waals surface area contributed by atoms with Crippen LogP contribution < -0.4 is 5.73 Å². The van der Waals surface area contributed by atoms with Gasteiger partial charge in [0, 0.05) is 18.8 Å². The average Bonchev–Trinajstić information content (AvgIpc) is 2.33. The van der Waals surface area contributed by atoms with Crippen molar-refractivity contribution in [2.24, 2.45) is 12.8 Å². The fourth-order valence-corrected chi connectivity index (χ4v) is 1.23. The van der Waals surface area contributed by atoms with E-state index in [0.29, 0.717) is 0 Å². The van der Waals surface area contributed by atoms with Crippen molar-refractivity contribution in [3.05, 3.63) is 17.5 Å². The number of nitrogens with two attached hydrogens (primary N) is 1. The lowest BCUT2D eigenvalue weighted by atomic mass is 10.1. The molecule has 2 N–H and O–H groups in total. The first-order valence-corrected chi connectivity index (χ1v) is 4.41. The first kappa shape index (κ1) is 9.26. The van der Waals surface area contributed by atoms with Crippen LogP contribution in [0.5, 0.6) is 0 Å². The van der Waals surface area contributed by atoms with Crippen molar-refractivity contribution in [3.63, 3.8) is 0 Å². The summed E-state index contributed by atoms with van der Waals surface area (Å²) in [7, 11) is 1.94. The van der Waals surface area contributed by atoms with Crippen LogP contribution in [0.25, 0.3) is 0 Å². The number of rotatable bonds is 3. The smallest absolute Gasteiger partial charge is 0.0794 e. The third-order valence-electron chi connectivity index (χ3n) is 2.11. The fraction of sp³-hybridized carbons (Fsp3) is 0.667. The molecule has 0 spiro atoms. The van der Waals surface area contributed by atoms with Gasteiger partial charge in [-0.2, -0.15) is 5.10 Å². The largest absolute Gasteiger partial charge is 0.323 e. The third-order valence-corrected chi connectivity index (χ3v) is 2.11. The zero-order valence-electron chi connectivity index (χ0n) is 8.04. The molecule has 0 bridgehead atoms. The molecule has 0 aliphatic rings. The van der Waals surface area contributed by atoms with E-state index < -0.39 is 0 Å². The van der Waals surface area contributed by atoms with E-state index in [0.717, 1.165) is 24.2 Å². The van der Waals surface area contributed by atoms with Crippen molar-refractivity contribution in [1.82, 2.24) is 9.78 Å². The summed E-state index contributed by atoms with van der Waals surface area (Å²) in [5, 5.41) is 4.32. The Labute approximate surface area is 73.6 Å². The van der Waals surface area contributed by atoms with Crippen LogP contribution >= 0.6 is 0 Å². The van der Waals surface area contributed by atoms with Crippen molar-refractivity contribution < 1.29 is 0 Å². The topological polar surface area (TPSA) is 43.8 Å². The molecule has 0 aliphatic heterocycles. The highest BCUT2D eigenvalue weighted by Gasteiger charge is 2.08. The maximum atomic E-state index is 5.91. The van der Waals surface area contributed by atoms with Crippen LogP contribution in [0.3, 0.4) is 0 Å². The quantitative estimate of drug-likeness (QED) is 0.742. The summed E-state index contributed by atoms with van der Waals surface area (Å²) in [6.45, 7) is 4.17. The molecule has 1 unspecified atom stereocenters. The minimum absolute atomic E-state index is 0.106. The van der Waals surface area contributed by atoms with Gasteiger partial charge in [0.05, 0.1) is 5.69 Å². The number of hydrogen-bond donors (Lipinski definition) is 1. The summed E-state index contributed by atoms with van der Waals surface area (Å²) in [5.74, 6) is 0. The molecule has 1 aromatic rings. The molecule has 0 saturated heterocycles. The van der Waals surface area contributed by atoms with Crippen LogP contribution in [0.2, 0.25) is 0 Å². The minimum Gasteiger partial charge on any atom is -0.323 e. The maximum absolute atomic E-state index is 5.91. The van der Waals surface area contributed by atoms with Gasteiger partial charge in [0.1, 0.15) is 0 Å². The lowest BCUT2D eigenvalue weighted by molar-refractivity contribution is 0.602. The Kier molecular flexibility index (Phi) is 2.87. The van der Waals surface area contributed by atoms with Crippen molar-refractivity contribution in [3.8, 4) is 0 Å². The molecular formula is C9H17N3. The molecule has 12 heavy (non-hydrogen) atoms. The van der Waals surface area contributed by atoms with Gasteiger partial charge in [0.15, 0.2) is 0 Å². The van der Waals surface area contributed by atoms with Crippen LogP contribution in [0.1, 0.15) is 37.2 Å². The lowest BCUT2D eigenvalue weighted by Gasteiger charge is -2.04. The van der Waals surface area contributed by atoms with E-state index in [1.807, 2.05) is 18.7 Å². The molecule has 3 heteroatoms. The van der Waals surface area contributed by atoms with Gasteiger partial charge in [-0.05, 0) is 19.4 Å². The summed E-state index contributed by atoms with van der Waals surface area (Å²) in [5.41, 5.74) is 8.09. The molecule has 1 atom stereocenters. The maximum Gasteiger partial charge on any atom is 0.0794 e. The van der Waals surface area contributed by atoms with Crippen LogP contribution in [-0.2, 0) is 7.05 Å². The van der Waals surface area contributed by atoms with Gasteiger partial charge in [-0.15, -0.1) is 0 Å². The monoisotopic (exact) mass is 167 g/mol. The van der Waals surface area contributed by atoms with E-state index in [2.05, 4.69) is 18.1 Å². The molecule has 0 saturated carbocycles. The van der Waals surface area contributed by atoms with Crippen molar-refractivity contribution in [2.45, 2.75) is 32.7 Å². The zero-order valence-corrected chi connectivity index (χ0v) is 8.04. The lowest BCUT2D eigenvalue weighted by Crippen LogP contribution is -2.10. The number of hydrogen-bond acceptors (Lipinski definition) is 2. The van der Waals surface area contributed by atoms with Gasteiger partial charge in [-0.25, -0.2) is 0 Å². The molecule has 1 rings (SSSR count). The summed E-state index contributed by atoms with van der Waals surface area (Å²) in [6.07, 6.45) is 2.12. The Balaban J connectivity index is 2.74. The molecule has 0 aliphatic carbocycles.